The molecule has 2 rings (SSSR count). The molecule has 0 amide bonds. The van der Waals surface area contributed by atoms with E-state index in [2.05, 4.69) is 15.5 Å². The summed E-state index contributed by atoms with van der Waals surface area (Å²) in [5.41, 5.74) is -1.08. The molecule has 0 spiro atoms. The van der Waals surface area contributed by atoms with Crippen LogP contribution in [-0.4, -0.2) is 43.2 Å². The summed E-state index contributed by atoms with van der Waals surface area (Å²) in [4.78, 5) is 22.9. The lowest BCUT2D eigenvalue weighted by atomic mass is 9.98. The first-order valence-corrected chi connectivity index (χ1v) is 7.63. The zero-order valence-corrected chi connectivity index (χ0v) is 12.5. The second kappa shape index (κ2) is 6.01. The predicted octanol–water partition coefficient (Wildman–Crippen LogP) is 0.576. The summed E-state index contributed by atoms with van der Waals surface area (Å²) in [6.45, 7) is 2.72. The Labute approximate surface area is 121 Å². The van der Waals surface area contributed by atoms with E-state index >= 15 is 0 Å². The largest absolute Gasteiger partial charge is 0.480 e. The van der Waals surface area contributed by atoms with Gasteiger partial charge in [0.25, 0.3) is 0 Å². The van der Waals surface area contributed by atoms with Crippen molar-refractivity contribution in [1.82, 2.24) is 20.1 Å². The molecular weight excluding hydrogens is 280 g/mol. The number of thioether (sulfide) groups is 1. The molecule has 0 bridgehead atoms. The lowest BCUT2D eigenvalue weighted by molar-refractivity contribution is -0.144. The summed E-state index contributed by atoms with van der Waals surface area (Å²) >= 11 is 1.47. The third-order valence-corrected chi connectivity index (χ3v) is 5.01. The monoisotopic (exact) mass is 300 g/mol. The highest BCUT2D eigenvalue weighted by molar-refractivity contribution is 7.99. The van der Waals surface area contributed by atoms with E-state index in [0.29, 0.717) is 24.5 Å². The molecule has 1 heterocycles. The molecule has 0 radical (unpaired) electrons. The van der Waals surface area contributed by atoms with Crippen molar-refractivity contribution in [3.05, 3.63) is 10.5 Å². The van der Waals surface area contributed by atoms with E-state index in [1.165, 1.54) is 16.3 Å². The first-order valence-electron chi connectivity index (χ1n) is 6.75. The molecule has 20 heavy (non-hydrogen) atoms. The number of nitrogens with zero attached hydrogens (tertiary/aromatic N) is 2. The third kappa shape index (κ3) is 2.90. The van der Waals surface area contributed by atoms with Gasteiger partial charge in [0, 0.05) is 12.3 Å². The number of rotatable bonds is 6. The van der Waals surface area contributed by atoms with Gasteiger partial charge in [0.15, 0.2) is 5.16 Å². The quantitative estimate of drug-likeness (QED) is 0.710. The van der Waals surface area contributed by atoms with Crippen LogP contribution in [0.2, 0.25) is 0 Å². The zero-order chi connectivity index (χ0) is 14.8. The van der Waals surface area contributed by atoms with Crippen molar-refractivity contribution in [3.8, 4) is 0 Å². The number of aromatic nitrogens is 3. The number of H-pyrrole nitrogens is 1. The van der Waals surface area contributed by atoms with Crippen LogP contribution in [0.4, 0.5) is 0 Å². The summed E-state index contributed by atoms with van der Waals surface area (Å²) in [6.07, 6.45) is 2.86. The number of hydrogen-bond acceptors (Lipinski definition) is 5. The average molecular weight is 300 g/mol. The van der Waals surface area contributed by atoms with E-state index in [0.717, 1.165) is 12.8 Å². The molecule has 1 saturated carbocycles. The maximum Gasteiger partial charge on any atom is 0.343 e. The molecule has 2 atom stereocenters. The fourth-order valence-corrected chi connectivity index (χ4v) is 3.72. The highest BCUT2D eigenvalue weighted by Crippen LogP contribution is 2.39. The van der Waals surface area contributed by atoms with Crippen LogP contribution < -0.4 is 11.0 Å². The highest BCUT2D eigenvalue weighted by Gasteiger charge is 2.45. The summed E-state index contributed by atoms with van der Waals surface area (Å²) in [6, 6.07) is 0. The maximum atomic E-state index is 11.5. The van der Waals surface area contributed by atoms with Gasteiger partial charge in [-0.1, -0.05) is 18.7 Å². The van der Waals surface area contributed by atoms with Crippen LogP contribution in [0.3, 0.4) is 0 Å². The Morgan fingerprint density at radius 2 is 2.45 bits per heavy atom. The second-order valence-electron chi connectivity index (χ2n) is 5.17. The number of aliphatic carboxylic acids is 1. The van der Waals surface area contributed by atoms with Crippen molar-refractivity contribution < 1.29 is 9.90 Å². The fourth-order valence-electron chi connectivity index (χ4n) is 2.48. The van der Waals surface area contributed by atoms with Crippen LogP contribution in [0.1, 0.15) is 32.6 Å². The molecule has 0 saturated heterocycles. The molecule has 1 aliphatic rings. The summed E-state index contributed by atoms with van der Waals surface area (Å²) in [5, 5.41) is 19.8. The molecule has 0 aromatic carbocycles. The molecule has 8 heteroatoms. The van der Waals surface area contributed by atoms with Gasteiger partial charge in [0.1, 0.15) is 5.54 Å². The van der Waals surface area contributed by atoms with Crippen LogP contribution in [0.25, 0.3) is 0 Å². The van der Waals surface area contributed by atoms with Gasteiger partial charge in [-0.15, -0.1) is 5.10 Å². The minimum absolute atomic E-state index is 0.157. The number of carboxylic acids is 1. The average Bonchev–Trinajstić information content (AvgIpc) is 2.97. The fraction of sp³-hybridized carbons (Fsp3) is 0.750. The Balaban J connectivity index is 2.05. The van der Waals surface area contributed by atoms with Gasteiger partial charge < -0.3 is 10.4 Å². The van der Waals surface area contributed by atoms with Crippen LogP contribution in [-0.2, 0) is 11.8 Å². The highest BCUT2D eigenvalue weighted by atomic mass is 32.2. The van der Waals surface area contributed by atoms with E-state index in [1.54, 1.807) is 7.05 Å². The minimum atomic E-state index is -0.831. The third-order valence-electron chi connectivity index (χ3n) is 3.70. The molecular formula is C12H20N4O3S. The summed E-state index contributed by atoms with van der Waals surface area (Å²) < 4.78 is 1.45. The molecule has 1 aromatic heterocycles. The van der Waals surface area contributed by atoms with Gasteiger partial charge in [-0.25, -0.2) is 9.89 Å². The maximum absolute atomic E-state index is 11.5. The first-order chi connectivity index (χ1) is 9.48. The van der Waals surface area contributed by atoms with Crippen molar-refractivity contribution in [2.75, 3.05) is 6.54 Å². The van der Waals surface area contributed by atoms with Gasteiger partial charge in [-0.05, 0) is 32.2 Å². The van der Waals surface area contributed by atoms with Gasteiger partial charge in [-0.3, -0.25) is 9.36 Å². The molecule has 3 N–H and O–H groups in total. The van der Waals surface area contributed by atoms with E-state index in [-0.39, 0.29) is 10.9 Å². The van der Waals surface area contributed by atoms with E-state index in [9.17, 15) is 14.7 Å². The van der Waals surface area contributed by atoms with E-state index < -0.39 is 11.5 Å². The Hall–Kier alpha value is -1.28. The Kier molecular flexibility index (Phi) is 4.54. The molecule has 7 nitrogen and oxygen atoms in total. The Morgan fingerprint density at radius 3 is 3.00 bits per heavy atom. The van der Waals surface area contributed by atoms with Crippen LogP contribution in [0.15, 0.2) is 9.95 Å². The van der Waals surface area contributed by atoms with Crippen molar-refractivity contribution in [2.45, 2.75) is 48.6 Å². The molecule has 112 valence electrons. The second-order valence-corrected chi connectivity index (χ2v) is 6.43. The van der Waals surface area contributed by atoms with Crippen molar-refractivity contribution in [1.29, 1.82) is 0 Å². The van der Waals surface area contributed by atoms with Gasteiger partial charge in [0.2, 0.25) is 0 Å². The standard InChI is InChI=1S/C12H20N4O3S/c1-3-6-13-12(9(17)18)5-4-8(7-12)20-11-15-14-10(19)16(11)2/h8,13H,3-7H2,1-2H3,(H,14,19)(H,17,18). The normalized spacial score (nSPS) is 26.0. The van der Waals surface area contributed by atoms with Crippen LogP contribution >= 0.6 is 11.8 Å². The van der Waals surface area contributed by atoms with Crippen LogP contribution in [0, 0.1) is 0 Å². The molecule has 2 unspecified atom stereocenters. The first kappa shape index (κ1) is 15.1. The number of carboxylic acid groups (broad SMARTS) is 1. The summed E-state index contributed by atoms with van der Waals surface area (Å²) in [7, 11) is 1.66. The van der Waals surface area contributed by atoms with Gasteiger partial charge >= 0.3 is 11.7 Å². The van der Waals surface area contributed by atoms with E-state index in [1.807, 2.05) is 6.92 Å². The van der Waals surface area contributed by atoms with Crippen molar-refractivity contribution >= 4 is 17.7 Å². The SMILES string of the molecule is CCCNC1(C(=O)O)CCC(Sc2n[nH]c(=O)n2C)C1. The van der Waals surface area contributed by atoms with E-state index in [4.69, 9.17) is 0 Å². The molecule has 1 aromatic rings. The van der Waals surface area contributed by atoms with Gasteiger partial charge in [-0.2, -0.15) is 0 Å². The number of carbonyl (C=O) groups is 1. The smallest absolute Gasteiger partial charge is 0.343 e. The predicted molar refractivity (Wildman–Crippen MR) is 76.0 cm³/mol. The molecule has 0 aliphatic heterocycles. The zero-order valence-electron chi connectivity index (χ0n) is 11.7. The Morgan fingerprint density at radius 1 is 1.70 bits per heavy atom. The number of aromatic amines is 1. The lowest BCUT2D eigenvalue weighted by Crippen LogP contribution is -2.50. The Bertz CT molecular complexity index is 541. The summed E-state index contributed by atoms with van der Waals surface area (Å²) in [5.74, 6) is -0.787. The topological polar surface area (TPSA) is 100 Å². The number of hydrogen-bond donors (Lipinski definition) is 3. The van der Waals surface area contributed by atoms with Crippen molar-refractivity contribution in [2.24, 2.45) is 7.05 Å². The van der Waals surface area contributed by atoms with Crippen LogP contribution in [0.5, 0.6) is 0 Å². The lowest BCUT2D eigenvalue weighted by Gasteiger charge is -2.25. The number of nitrogens with one attached hydrogen (secondary N) is 2. The van der Waals surface area contributed by atoms with Crippen molar-refractivity contribution in [3.63, 3.8) is 0 Å². The molecule has 1 fully saturated rings. The molecule has 1 aliphatic carbocycles. The van der Waals surface area contributed by atoms with Gasteiger partial charge in [0.05, 0.1) is 0 Å². The minimum Gasteiger partial charge on any atom is -0.480 e.